The van der Waals surface area contributed by atoms with E-state index in [0.29, 0.717) is 11.8 Å². The number of ether oxygens (including phenoxy) is 2. The fraction of sp³-hybridized carbons (Fsp3) is 0.188. The summed E-state index contributed by atoms with van der Waals surface area (Å²) in [4.78, 5) is 9.53. The zero-order valence-electron chi connectivity index (χ0n) is 21.3. The molecule has 0 atom stereocenters. The van der Waals surface area contributed by atoms with Crippen LogP contribution < -0.4 is 0 Å². The van der Waals surface area contributed by atoms with E-state index in [1.165, 1.54) is 0 Å². The van der Waals surface area contributed by atoms with Gasteiger partial charge in [-0.3, -0.25) is 0 Å². The topological polar surface area (TPSA) is 43.2 Å². The van der Waals surface area contributed by atoms with Crippen molar-refractivity contribution in [2.24, 2.45) is 9.98 Å². The molecule has 0 spiro atoms. The van der Waals surface area contributed by atoms with Crippen molar-refractivity contribution in [3.63, 3.8) is 0 Å². The molecule has 0 heterocycles. The first kappa shape index (κ1) is 24.9. The predicted octanol–water partition coefficient (Wildman–Crippen LogP) is 8.36. The number of nitrogens with zero attached hydrogens (tertiary/aromatic N) is 2. The molecule has 4 aromatic rings. The molecule has 182 valence electrons. The maximum Gasteiger partial charge on any atom is 0.221 e. The Balaban J connectivity index is 1.55. The number of hydrogen-bond donors (Lipinski definition) is 0. The first-order valence-corrected chi connectivity index (χ1v) is 12.3. The van der Waals surface area contributed by atoms with Gasteiger partial charge in [0.2, 0.25) is 11.8 Å². The SMILES string of the molecule is CC(C)O/C(=N\c1ccc(-c2ccc(/N=C(\OC(C)C)c3ccccc3)cc2)cc1)c1ccccc1. The van der Waals surface area contributed by atoms with Crippen molar-refractivity contribution >= 4 is 23.2 Å². The Hall–Kier alpha value is -4.18. The molecule has 0 aromatic heterocycles. The Kier molecular flexibility index (Phi) is 8.30. The molecule has 4 nitrogen and oxygen atoms in total. The summed E-state index contributed by atoms with van der Waals surface area (Å²) in [6.45, 7) is 8.03. The van der Waals surface area contributed by atoms with E-state index in [1.54, 1.807) is 0 Å². The predicted molar refractivity (Wildman–Crippen MR) is 150 cm³/mol. The van der Waals surface area contributed by atoms with Gasteiger partial charge in [-0.1, -0.05) is 60.7 Å². The number of benzene rings is 4. The molecule has 0 unspecified atom stereocenters. The fourth-order valence-corrected chi connectivity index (χ4v) is 3.62. The highest BCUT2D eigenvalue weighted by Gasteiger charge is 2.09. The summed E-state index contributed by atoms with van der Waals surface area (Å²) in [5.41, 5.74) is 5.83. The molecule has 0 aliphatic carbocycles. The third-order valence-electron chi connectivity index (χ3n) is 5.27. The minimum Gasteiger partial charge on any atom is -0.475 e. The van der Waals surface area contributed by atoms with Crippen molar-refractivity contribution in [2.75, 3.05) is 0 Å². The molecule has 0 saturated carbocycles. The second-order valence-electron chi connectivity index (χ2n) is 8.99. The van der Waals surface area contributed by atoms with Crippen molar-refractivity contribution in [1.29, 1.82) is 0 Å². The molecule has 0 amide bonds. The first-order valence-electron chi connectivity index (χ1n) is 12.3. The lowest BCUT2D eigenvalue weighted by Gasteiger charge is -2.13. The van der Waals surface area contributed by atoms with Gasteiger partial charge in [0.25, 0.3) is 0 Å². The van der Waals surface area contributed by atoms with E-state index >= 15 is 0 Å². The first-order chi connectivity index (χ1) is 17.5. The maximum absolute atomic E-state index is 5.98. The molecule has 0 bridgehead atoms. The monoisotopic (exact) mass is 476 g/mol. The molecule has 4 heteroatoms. The van der Waals surface area contributed by atoms with E-state index < -0.39 is 0 Å². The molecule has 0 fully saturated rings. The van der Waals surface area contributed by atoms with Gasteiger partial charge in [0.15, 0.2) is 0 Å². The zero-order valence-corrected chi connectivity index (χ0v) is 21.3. The normalized spacial score (nSPS) is 12.2. The van der Waals surface area contributed by atoms with Gasteiger partial charge < -0.3 is 9.47 Å². The summed E-state index contributed by atoms with van der Waals surface area (Å²) < 4.78 is 12.0. The van der Waals surface area contributed by atoms with Crippen LogP contribution in [0.3, 0.4) is 0 Å². The van der Waals surface area contributed by atoms with Gasteiger partial charge >= 0.3 is 0 Å². The van der Waals surface area contributed by atoms with Crippen LogP contribution in [0.15, 0.2) is 119 Å². The highest BCUT2D eigenvalue weighted by molar-refractivity contribution is 5.96. The molecule has 4 aromatic carbocycles. The lowest BCUT2D eigenvalue weighted by Crippen LogP contribution is -2.12. The molecular formula is C32H32N2O2. The molecule has 4 rings (SSSR count). The van der Waals surface area contributed by atoms with Gasteiger partial charge in [-0.15, -0.1) is 0 Å². The van der Waals surface area contributed by atoms with Gasteiger partial charge in [-0.05, 0) is 87.4 Å². The smallest absolute Gasteiger partial charge is 0.221 e. The second kappa shape index (κ2) is 12.0. The van der Waals surface area contributed by atoms with Crippen molar-refractivity contribution in [3.05, 3.63) is 120 Å². The van der Waals surface area contributed by atoms with Gasteiger partial charge in [-0.25, -0.2) is 9.98 Å². The summed E-state index contributed by atoms with van der Waals surface area (Å²) in [6, 6.07) is 36.3. The van der Waals surface area contributed by atoms with Crippen molar-refractivity contribution in [1.82, 2.24) is 0 Å². The van der Waals surface area contributed by atoms with Gasteiger partial charge in [0.05, 0.1) is 23.6 Å². The maximum atomic E-state index is 5.98. The Morgan fingerprint density at radius 2 is 0.806 bits per heavy atom. The Labute approximate surface area is 214 Å². The van der Waals surface area contributed by atoms with Crippen LogP contribution in [0, 0.1) is 0 Å². The van der Waals surface area contributed by atoms with Crippen LogP contribution in [-0.2, 0) is 9.47 Å². The minimum atomic E-state index is 0.0396. The molecule has 0 N–H and O–H groups in total. The summed E-state index contributed by atoms with van der Waals surface area (Å²) in [7, 11) is 0. The second-order valence-corrected chi connectivity index (χ2v) is 8.99. The van der Waals surface area contributed by atoms with Crippen molar-refractivity contribution in [2.45, 2.75) is 39.9 Å². The van der Waals surface area contributed by atoms with Crippen LogP contribution in [0.2, 0.25) is 0 Å². The number of hydrogen-bond acceptors (Lipinski definition) is 4. The van der Waals surface area contributed by atoms with E-state index in [2.05, 4.69) is 24.3 Å². The van der Waals surface area contributed by atoms with E-state index in [4.69, 9.17) is 19.5 Å². The van der Waals surface area contributed by atoms with Crippen LogP contribution in [-0.4, -0.2) is 24.0 Å². The average Bonchev–Trinajstić information content (AvgIpc) is 2.89. The van der Waals surface area contributed by atoms with Crippen LogP contribution in [0.4, 0.5) is 11.4 Å². The van der Waals surface area contributed by atoms with Gasteiger partial charge in [0, 0.05) is 11.1 Å². The van der Waals surface area contributed by atoms with Crippen LogP contribution in [0.5, 0.6) is 0 Å². The van der Waals surface area contributed by atoms with Crippen molar-refractivity contribution < 1.29 is 9.47 Å². The van der Waals surface area contributed by atoms with Gasteiger partial charge in [-0.2, -0.15) is 0 Å². The van der Waals surface area contributed by atoms with Crippen LogP contribution >= 0.6 is 0 Å². The average molecular weight is 477 g/mol. The Morgan fingerprint density at radius 1 is 0.472 bits per heavy atom. The number of rotatable bonds is 7. The van der Waals surface area contributed by atoms with Gasteiger partial charge in [0.1, 0.15) is 0 Å². The van der Waals surface area contributed by atoms with E-state index in [-0.39, 0.29) is 12.2 Å². The van der Waals surface area contributed by atoms with Crippen LogP contribution in [0.25, 0.3) is 11.1 Å². The number of aliphatic imine (C=N–C) groups is 2. The molecule has 0 saturated heterocycles. The summed E-state index contributed by atoms with van der Waals surface area (Å²) in [6.07, 6.45) is 0.0792. The molecular weight excluding hydrogens is 444 g/mol. The highest BCUT2D eigenvalue weighted by Crippen LogP contribution is 2.26. The molecule has 0 aliphatic rings. The minimum absolute atomic E-state index is 0.0396. The molecule has 0 aliphatic heterocycles. The standard InChI is InChI=1S/C32H32N2O2/c1-23(2)35-31(27-11-7-5-8-12-27)33-29-19-15-25(16-20-29)26-17-21-30(22-18-26)34-32(36-24(3)4)28-13-9-6-10-14-28/h5-24H,1-4H3/b33-31-,34-32-. The Bertz CT molecular complexity index is 1190. The zero-order chi connectivity index (χ0) is 25.3. The fourth-order valence-electron chi connectivity index (χ4n) is 3.62. The third-order valence-corrected chi connectivity index (χ3v) is 5.27. The van der Waals surface area contributed by atoms with Crippen LogP contribution in [0.1, 0.15) is 38.8 Å². The third kappa shape index (κ3) is 6.92. The lowest BCUT2D eigenvalue weighted by molar-refractivity contribution is 0.229. The van der Waals surface area contributed by atoms with E-state index in [9.17, 15) is 0 Å². The molecule has 0 radical (unpaired) electrons. The quantitative estimate of drug-likeness (QED) is 0.199. The molecule has 36 heavy (non-hydrogen) atoms. The van der Waals surface area contributed by atoms with E-state index in [0.717, 1.165) is 33.6 Å². The Morgan fingerprint density at radius 3 is 1.11 bits per heavy atom. The summed E-state index contributed by atoms with van der Waals surface area (Å²) >= 11 is 0. The summed E-state index contributed by atoms with van der Waals surface area (Å²) in [5.74, 6) is 1.25. The largest absolute Gasteiger partial charge is 0.475 e. The van der Waals surface area contributed by atoms with E-state index in [1.807, 2.05) is 113 Å². The summed E-state index contributed by atoms with van der Waals surface area (Å²) in [5, 5.41) is 0. The highest BCUT2D eigenvalue weighted by atomic mass is 16.5. The van der Waals surface area contributed by atoms with Crippen molar-refractivity contribution in [3.8, 4) is 11.1 Å². The lowest BCUT2D eigenvalue weighted by atomic mass is 10.1.